The third-order valence-electron chi connectivity index (χ3n) is 5.39. The average molecular weight is 423 g/mol. The Kier molecular flexibility index (Phi) is 6.84. The summed E-state index contributed by atoms with van der Waals surface area (Å²) in [5.74, 6) is -0.421. The van der Waals surface area contributed by atoms with Crippen LogP contribution in [0.25, 0.3) is 0 Å². The number of nitro benzene ring substituents is 1. The molecular weight excluding hydrogens is 392 g/mol. The Labute approximate surface area is 172 Å². The first-order valence-corrected chi connectivity index (χ1v) is 12.5. The fourth-order valence-electron chi connectivity index (χ4n) is 3.48. The maximum absolute atomic E-state index is 12.9. The van der Waals surface area contributed by atoms with Gasteiger partial charge in [0.25, 0.3) is 11.6 Å². The number of imide groups is 1. The summed E-state index contributed by atoms with van der Waals surface area (Å²) in [5, 5.41) is 11.0. The molecule has 0 aliphatic carbocycles. The molecule has 0 bridgehead atoms. The third kappa shape index (κ3) is 4.84. The first-order chi connectivity index (χ1) is 13.5. The van der Waals surface area contributed by atoms with E-state index < -0.39 is 43.0 Å². The van der Waals surface area contributed by atoms with E-state index in [-0.39, 0.29) is 5.69 Å². The van der Waals surface area contributed by atoms with E-state index >= 15 is 0 Å². The summed E-state index contributed by atoms with van der Waals surface area (Å²) in [5.41, 5.74) is -0.199. The number of rotatable bonds is 7. The first kappa shape index (κ1) is 23.0. The van der Waals surface area contributed by atoms with Crippen LogP contribution in [0, 0.1) is 10.1 Å². The fraction of sp³-hybridized carbons (Fsp3) is 0.600. The van der Waals surface area contributed by atoms with Gasteiger partial charge in [-0.15, -0.1) is 0 Å². The molecule has 0 N–H and O–H groups in total. The smallest absolute Gasteiger partial charge is 0.417 e. The van der Waals surface area contributed by atoms with Gasteiger partial charge >= 0.3 is 6.09 Å². The van der Waals surface area contributed by atoms with E-state index in [0.29, 0.717) is 5.56 Å². The van der Waals surface area contributed by atoms with Gasteiger partial charge in [0, 0.05) is 12.1 Å². The highest BCUT2D eigenvalue weighted by Crippen LogP contribution is 2.41. The molecule has 29 heavy (non-hydrogen) atoms. The van der Waals surface area contributed by atoms with Crippen molar-refractivity contribution in [3.8, 4) is 0 Å². The van der Waals surface area contributed by atoms with Gasteiger partial charge in [-0.3, -0.25) is 14.9 Å². The number of carbonyl (C=O) groups is 2. The van der Waals surface area contributed by atoms with Crippen LogP contribution in [0.1, 0.15) is 53.1 Å². The van der Waals surface area contributed by atoms with Gasteiger partial charge in [-0.05, 0) is 44.5 Å². The highest BCUT2D eigenvalue weighted by molar-refractivity contribution is 6.73. The van der Waals surface area contributed by atoms with Crippen molar-refractivity contribution >= 4 is 26.0 Å². The molecule has 160 valence electrons. The molecule has 8 nitrogen and oxygen atoms in total. The molecule has 0 saturated carbocycles. The molecule has 1 aliphatic rings. The van der Waals surface area contributed by atoms with Gasteiger partial charge in [0.1, 0.15) is 11.6 Å². The molecule has 0 aromatic heterocycles. The summed E-state index contributed by atoms with van der Waals surface area (Å²) in [6.45, 7) is 11.4. The van der Waals surface area contributed by atoms with Gasteiger partial charge in [-0.2, -0.15) is 0 Å². The lowest BCUT2D eigenvalue weighted by atomic mass is 9.91. The summed E-state index contributed by atoms with van der Waals surface area (Å²) in [4.78, 5) is 37.1. The Morgan fingerprint density at radius 1 is 1.14 bits per heavy atom. The van der Waals surface area contributed by atoms with Crippen LogP contribution in [0.15, 0.2) is 24.3 Å². The van der Waals surface area contributed by atoms with E-state index in [0.717, 1.165) is 23.0 Å². The number of hydrogen-bond donors (Lipinski definition) is 0. The normalized spacial score (nSPS) is 19.7. The van der Waals surface area contributed by atoms with E-state index in [1.807, 2.05) is 0 Å². The minimum Gasteiger partial charge on any atom is -0.443 e. The van der Waals surface area contributed by atoms with Gasteiger partial charge in [0.2, 0.25) is 0 Å². The molecule has 2 amide bonds. The van der Waals surface area contributed by atoms with Crippen molar-refractivity contribution in [2.24, 2.45) is 0 Å². The molecule has 1 aliphatic heterocycles. The Morgan fingerprint density at radius 2 is 1.66 bits per heavy atom. The summed E-state index contributed by atoms with van der Waals surface area (Å²) in [6.07, 6.45) is -1.52. The Balaban J connectivity index is 2.39. The van der Waals surface area contributed by atoms with Crippen molar-refractivity contribution < 1.29 is 23.7 Å². The lowest BCUT2D eigenvalue weighted by Crippen LogP contribution is -2.65. The minimum absolute atomic E-state index is 0.0555. The number of nitro groups is 1. The van der Waals surface area contributed by atoms with E-state index in [1.54, 1.807) is 32.9 Å². The van der Waals surface area contributed by atoms with Crippen LogP contribution in [-0.4, -0.2) is 41.8 Å². The SMILES string of the molecule is CC[Si](CC)(CC)O[C@@H]1C(=O)N(C(=O)OC(C)(C)C)[C@@H]1c1ccc([N+](=O)[O-])cc1. The summed E-state index contributed by atoms with van der Waals surface area (Å²) < 4.78 is 11.8. The van der Waals surface area contributed by atoms with Crippen molar-refractivity contribution in [1.82, 2.24) is 4.90 Å². The molecule has 9 heteroatoms. The molecule has 1 aromatic carbocycles. The van der Waals surface area contributed by atoms with Crippen molar-refractivity contribution in [2.45, 2.75) is 77.4 Å². The standard InChI is InChI=1S/C20H30N2O6Si/c1-7-29(8-2,9-3)28-17-16(14-10-12-15(13-11-14)22(25)26)21(18(17)23)19(24)27-20(4,5)6/h10-13,16-17H,7-9H2,1-6H3/t16-,17+/m1/s1. The van der Waals surface area contributed by atoms with E-state index in [9.17, 15) is 19.7 Å². The van der Waals surface area contributed by atoms with Crippen molar-refractivity contribution in [3.05, 3.63) is 39.9 Å². The van der Waals surface area contributed by atoms with Gasteiger partial charge in [0.05, 0.1) is 4.92 Å². The third-order valence-corrected chi connectivity index (χ3v) is 10.0. The molecule has 1 heterocycles. The van der Waals surface area contributed by atoms with Crippen molar-refractivity contribution in [1.29, 1.82) is 0 Å². The molecule has 1 fully saturated rings. The lowest BCUT2D eigenvalue weighted by molar-refractivity contribution is -0.384. The van der Waals surface area contributed by atoms with Crippen LogP contribution in [0.5, 0.6) is 0 Å². The number of hydrogen-bond acceptors (Lipinski definition) is 6. The summed E-state index contributed by atoms with van der Waals surface area (Å²) in [6, 6.07) is 7.80. The Bertz CT molecular complexity index is 762. The van der Waals surface area contributed by atoms with Crippen LogP contribution in [-0.2, 0) is 14.0 Å². The number of amides is 2. The second-order valence-electron chi connectivity index (χ2n) is 8.26. The van der Waals surface area contributed by atoms with Crippen LogP contribution < -0.4 is 0 Å². The van der Waals surface area contributed by atoms with Gasteiger partial charge < -0.3 is 9.16 Å². The molecule has 0 spiro atoms. The number of nitrogens with zero attached hydrogens (tertiary/aromatic N) is 2. The monoisotopic (exact) mass is 422 g/mol. The maximum atomic E-state index is 12.9. The summed E-state index contributed by atoms with van der Waals surface area (Å²) in [7, 11) is -2.11. The number of likely N-dealkylation sites (tertiary alicyclic amines) is 1. The predicted molar refractivity (Wildman–Crippen MR) is 111 cm³/mol. The van der Waals surface area contributed by atoms with Crippen molar-refractivity contribution in [3.63, 3.8) is 0 Å². The number of β-lactam (4-membered cyclic amide) rings is 1. The van der Waals surface area contributed by atoms with E-state index in [4.69, 9.17) is 9.16 Å². The Morgan fingerprint density at radius 3 is 2.07 bits per heavy atom. The lowest BCUT2D eigenvalue weighted by Gasteiger charge is -2.48. The molecule has 2 atom stereocenters. The van der Waals surface area contributed by atoms with Gasteiger partial charge in [-0.1, -0.05) is 32.9 Å². The number of non-ortho nitro benzene ring substituents is 1. The first-order valence-electron chi connectivity index (χ1n) is 9.96. The number of carbonyl (C=O) groups excluding carboxylic acids is 2. The fourth-order valence-corrected chi connectivity index (χ4v) is 6.25. The van der Waals surface area contributed by atoms with Gasteiger partial charge in [-0.25, -0.2) is 9.69 Å². The highest BCUT2D eigenvalue weighted by atomic mass is 28.4. The van der Waals surface area contributed by atoms with Gasteiger partial charge in [0.15, 0.2) is 14.4 Å². The highest BCUT2D eigenvalue weighted by Gasteiger charge is 2.56. The number of ether oxygens (including phenoxy) is 1. The number of benzene rings is 1. The molecule has 2 rings (SSSR count). The molecular formula is C20H30N2O6Si. The van der Waals surface area contributed by atoms with Crippen LogP contribution in [0.3, 0.4) is 0 Å². The second kappa shape index (κ2) is 8.62. The van der Waals surface area contributed by atoms with Crippen LogP contribution >= 0.6 is 0 Å². The zero-order valence-corrected chi connectivity index (χ0v) is 18.9. The van der Waals surface area contributed by atoms with E-state index in [1.165, 1.54) is 12.1 Å². The van der Waals surface area contributed by atoms with Crippen LogP contribution in [0.4, 0.5) is 10.5 Å². The van der Waals surface area contributed by atoms with Crippen molar-refractivity contribution in [2.75, 3.05) is 0 Å². The minimum atomic E-state index is -2.11. The maximum Gasteiger partial charge on any atom is 0.417 e. The summed E-state index contributed by atoms with van der Waals surface area (Å²) >= 11 is 0. The zero-order chi connectivity index (χ0) is 22.0. The largest absolute Gasteiger partial charge is 0.443 e. The molecule has 0 unspecified atom stereocenters. The molecule has 0 radical (unpaired) electrons. The Hall–Kier alpha value is -2.26. The molecule has 1 saturated heterocycles. The topological polar surface area (TPSA) is 99.0 Å². The average Bonchev–Trinajstić information content (AvgIpc) is 2.66. The zero-order valence-electron chi connectivity index (χ0n) is 17.9. The second-order valence-corrected chi connectivity index (χ2v) is 13.0. The molecule has 1 aromatic rings. The van der Waals surface area contributed by atoms with E-state index in [2.05, 4.69) is 20.8 Å². The van der Waals surface area contributed by atoms with Crippen LogP contribution in [0.2, 0.25) is 18.1 Å². The predicted octanol–water partition coefficient (Wildman–Crippen LogP) is 4.80. The quantitative estimate of drug-likeness (QED) is 0.271.